The topological polar surface area (TPSA) is 30.0 Å². The molecule has 0 atom stereocenters. The molecule has 3 heteroatoms. The second-order valence-corrected chi connectivity index (χ2v) is 4.53. The second-order valence-electron chi connectivity index (χ2n) is 4.15. The van der Waals surface area contributed by atoms with Crippen LogP contribution in [0.25, 0.3) is 0 Å². The highest BCUT2D eigenvalue weighted by atomic mass is 35.5. The lowest BCUT2D eigenvalue weighted by Gasteiger charge is -2.07. The number of pyridine rings is 1. The Morgan fingerprint density at radius 2 is 2.20 bits per heavy atom. The molecule has 15 heavy (non-hydrogen) atoms. The predicted octanol–water partition coefficient (Wildman–Crippen LogP) is 3.50. The normalized spacial score (nSPS) is 16.9. The first-order valence-corrected chi connectivity index (χ1v) is 5.78. The molecular formula is C12H14ClNO. The van der Waals surface area contributed by atoms with E-state index in [9.17, 15) is 4.79 Å². The van der Waals surface area contributed by atoms with Crippen molar-refractivity contribution in [2.75, 3.05) is 0 Å². The molecule has 2 rings (SSSR count). The third kappa shape index (κ3) is 2.78. The lowest BCUT2D eigenvalue weighted by molar-refractivity contribution is 0.0962. The highest BCUT2D eigenvalue weighted by Gasteiger charge is 2.19. The molecular weight excluding hydrogens is 210 g/mol. The summed E-state index contributed by atoms with van der Waals surface area (Å²) in [6.45, 7) is 0. The van der Waals surface area contributed by atoms with Gasteiger partial charge in [0.25, 0.3) is 0 Å². The Hall–Kier alpha value is -0.890. The molecule has 0 bridgehead atoms. The summed E-state index contributed by atoms with van der Waals surface area (Å²) in [6.07, 6.45) is 7.20. The highest BCUT2D eigenvalue weighted by Crippen LogP contribution is 2.28. The first-order valence-electron chi connectivity index (χ1n) is 5.40. The van der Waals surface area contributed by atoms with Gasteiger partial charge in [0.15, 0.2) is 5.78 Å². The van der Waals surface area contributed by atoms with E-state index in [0.29, 0.717) is 23.1 Å². The fraction of sp³-hybridized carbons (Fsp3) is 0.500. The predicted molar refractivity (Wildman–Crippen MR) is 60.2 cm³/mol. The Morgan fingerprint density at radius 3 is 2.87 bits per heavy atom. The molecule has 80 valence electrons. The standard InChI is InChI=1S/C12H14ClNO/c13-12-8-10(5-6-14-12)11(15)7-9-3-1-2-4-9/h5-6,8-9H,1-4,7H2. The minimum atomic E-state index is 0.200. The summed E-state index contributed by atoms with van der Waals surface area (Å²) in [5.74, 6) is 0.788. The van der Waals surface area contributed by atoms with Crippen LogP contribution in [0.2, 0.25) is 5.15 Å². The SMILES string of the molecule is O=C(CC1CCCC1)c1ccnc(Cl)c1. The smallest absolute Gasteiger partial charge is 0.163 e. The van der Waals surface area contributed by atoms with Crippen molar-refractivity contribution in [2.24, 2.45) is 5.92 Å². The fourth-order valence-corrected chi connectivity index (χ4v) is 2.34. The van der Waals surface area contributed by atoms with Crippen molar-refractivity contribution in [3.63, 3.8) is 0 Å². The summed E-state index contributed by atoms with van der Waals surface area (Å²) in [5.41, 5.74) is 0.696. The number of aromatic nitrogens is 1. The van der Waals surface area contributed by atoms with Gasteiger partial charge in [-0.15, -0.1) is 0 Å². The maximum Gasteiger partial charge on any atom is 0.163 e. The van der Waals surface area contributed by atoms with Crippen LogP contribution in [0.3, 0.4) is 0 Å². The largest absolute Gasteiger partial charge is 0.294 e. The van der Waals surface area contributed by atoms with Crippen molar-refractivity contribution in [3.05, 3.63) is 29.0 Å². The number of rotatable bonds is 3. The summed E-state index contributed by atoms with van der Waals surface area (Å²) < 4.78 is 0. The molecule has 0 N–H and O–H groups in total. The number of ketones is 1. The summed E-state index contributed by atoms with van der Waals surface area (Å²) in [4.78, 5) is 15.7. The molecule has 1 heterocycles. The van der Waals surface area contributed by atoms with E-state index in [1.54, 1.807) is 18.3 Å². The Balaban J connectivity index is 2.01. The van der Waals surface area contributed by atoms with Crippen LogP contribution in [0.4, 0.5) is 0 Å². The lowest BCUT2D eigenvalue weighted by Crippen LogP contribution is -2.05. The quantitative estimate of drug-likeness (QED) is 0.580. The van der Waals surface area contributed by atoms with Gasteiger partial charge in [-0.05, 0) is 18.1 Å². The average Bonchev–Trinajstić information content (AvgIpc) is 2.70. The van der Waals surface area contributed by atoms with Crippen LogP contribution in [0, 0.1) is 5.92 Å². The number of halogens is 1. The number of nitrogens with zero attached hydrogens (tertiary/aromatic N) is 1. The third-order valence-electron chi connectivity index (χ3n) is 3.00. The van der Waals surface area contributed by atoms with Gasteiger partial charge in [0.1, 0.15) is 5.15 Å². The van der Waals surface area contributed by atoms with Crippen LogP contribution >= 0.6 is 11.6 Å². The van der Waals surface area contributed by atoms with Crippen molar-refractivity contribution in [2.45, 2.75) is 32.1 Å². The van der Waals surface area contributed by atoms with E-state index in [1.165, 1.54) is 25.7 Å². The van der Waals surface area contributed by atoms with Gasteiger partial charge in [-0.25, -0.2) is 4.98 Å². The Kier molecular flexibility index (Phi) is 3.37. The van der Waals surface area contributed by atoms with Crippen LogP contribution in [-0.2, 0) is 0 Å². The van der Waals surface area contributed by atoms with Gasteiger partial charge in [0, 0.05) is 18.2 Å². The minimum absolute atomic E-state index is 0.200. The van der Waals surface area contributed by atoms with E-state index in [4.69, 9.17) is 11.6 Å². The average molecular weight is 224 g/mol. The molecule has 1 aromatic heterocycles. The molecule has 0 aromatic carbocycles. The number of carbonyl (C=O) groups excluding carboxylic acids is 1. The van der Waals surface area contributed by atoms with E-state index >= 15 is 0 Å². The third-order valence-corrected chi connectivity index (χ3v) is 3.20. The molecule has 0 spiro atoms. The Labute approximate surface area is 94.7 Å². The molecule has 2 nitrogen and oxygen atoms in total. The van der Waals surface area contributed by atoms with Gasteiger partial charge < -0.3 is 0 Å². The number of hydrogen-bond acceptors (Lipinski definition) is 2. The molecule has 0 amide bonds. The van der Waals surface area contributed by atoms with Gasteiger partial charge in [0.2, 0.25) is 0 Å². The van der Waals surface area contributed by atoms with Crippen LogP contribution in [0.1, 0.15) is 42.5 Å². The van der Waals surface area contributed by atoms with Crippen molar-refractivity contribution < 1.29 is 4.79 Å². The zero-order chi connectivity index (χ0) is 10.7. The van der Waals surface area contributed by atoms with Gasteiger partial charge in [-0.2, -0.15) is 0 Å². The Morgan fingerprint density at radius 1 is 1.47 bits per heavy atom. The summed E-state index contributed by atoms with van der Waals surface area (Å²) in [6, 6.07) is 3.39. The van der Waals surface area contributed by atoms with Gasteiger partial charge >= 0.3 is 0 Å². The zero-order valence-electron chi connectivity index (χ0n) is 8.58. The molecule has 1 saturated carbocycles. The van der Waals surface area contributed by atoms with Crippen molar-refractivity contribution in [1.82, 2.24) is 4.98 Å². The van der Waals surface area contributed by atoms with E-state index in [-0.39, 0.29) is 5.78 Å². The van der Waals surface area contributed by atoms with Crippen LogP contribution in [-0.4, -0.2) is 10.8 Å². The first-order chi connectivity index (χ1) is 7.25. The van der Waals surface area contributed by atoms with Gasteiger partial charge in [0.05, 0.1) is 0 Å². The number of Topliss-reactive ketones (excluding diaryl/α,β-unsaturated/α-hetero) is 1. The van der Waals surface area contributed by atoms with Crippen molar-refractivity contribution >= 4 is 17.4 Å². The maximum absolute atomic E-state index is 11.9. The van der Waals surface area contributed by atoms with E-state index in [0.717, 1.165) is 0 Å². The minimum Gasteiger partial charge on any atom is -0.294 e. The first kappa shape index (κ1) is 10.6. The number of carbonyl (C=O) groups is 1. The monoisotopic (exact) mass is 223 g/mol. The molecule has 0 unspecified atom stereocenters. The van der Waals surface area contributed by atoms with Crippen LogP contribution < -0.4 is 0 Å². The van der Waals surface area contributed by atoms with E-state index in [1.807, 2.05) is 0 Å². The number of hydrogen-bond donors (Lipinski definition) is 0. The van der Waals surface area contributed by atoms with Gasteiger partial charge in [-0.1, -0.05) is 37.3 Å². The van der Waals surface area contributed by atoms with Crippen molar-refractivity contribution in [1.29, 1.82) is 0 Å². The molecule has 0 saturated heterocycles. The molecule has 1 aliphatic rings. The summed E-state index contributed by atoms with van der Waals surface area (Å²) >= 11 is 5.74. The molecule has 0 radical (unpaired) electrons. The zero-order valence-corrected chi connectivity index (χ0v) is 9.33. The summed E-state index contributed by atoms with van der Waals surface area (Å²) in [7, 11) is 0. The van der Waals surface area contributed by atoms with E-state index in [2.05, 4.69) is 4.98 Å². The van der Waals surface area contributed by atoms with Crippen LogP contribution in [0.15, 0.2) is 18.3 Å². The second kappa shape index (κ2) is 4.75. The lowest BCUT2D eigenvalue weighted by atomic mass is 9.98. The Bertz CT molecular complexity index is 358. The van der Waals surface area contributed by atoms with Gasteiger partial charge in [-0.3, -0.25) is 4.79 Å². The van der Waals surface area contributed by atoms with E-state index < -0.39 is 0 Å². The molecule has 1 aliphatic carbocycles. The molecule has 1 fully saturated rings. The fourth-order valence-electron chi connectivity index (χ4n) is 2.17. The highest BCUT2D eigenvalue weighted by molar-refractivity contribution is 6.29. The van der Waals surface area contributed by atoms with Crippen molar-refractivity contribution in [3.8, 4) is 0 Å². The molecule has 0 aliphatic heterocycles. The summed E-state index contributed by atoms with van der Waals surface area (Å²) in [5, 5.41) is 0.396. The molecule has 1 aromatic rings. The van der Waals surface area contributed by atoms with Crippen LogP contribution in [0.5, 0.6) is 0 Å². The maximum atomic E-state index is 11.9.